The Morgan fingerprint density at radius 1 is 1.29 bits per heavy atom. The van der Waals surface area contributed by atoms with Crippen molar-refractivity contribution < 1.29 is 13.5 Å². The van der Waals surface area contributed by atoms with E-state index in [4.69, 9.17) is 0 Å². The third kappa shape index (κ3) is 4.54. The maximum atomic E-state index is 11.3. The van der Waals surface area contributed by atoms with Crippen molar-refractivity contribution in [3.05, 3.63) is 0 Å². The predicted octanol–water partition coefficient (Wildman–Crippen LogP) is 0.159. The number of aliphatic hydroxyl groups is 1. The fourth-order valence-corrected chi connectivity index (χ4v) is 3.28. The molecule has 1 saturated heterocycles. The molecule has 1 aliphatic heterocycles. The van der Waals surface area contributed by atoms with Crippen LogP contribution in [0.25, 0.3) is 0 Å². The second-order valence-corrected chi connectivity index (χ2v) is 6.98. The first-order chi connectivity index (χ1) is 7.85. The van der Waals surface area contributed by atoms with E-state index in [0.717, 1.165) is 19.4 Å². The van der Waals surface area contributed by atoms with Crippen molar-refractivity contribution in [1.82, 2.24) is 9.62 Å². The van der Waals surface area contributed by atoms with Crippen LogP contribution in [0.1, 0.15) is 33.1 Å². The summed E-state index contributed by atoms with van der Waals surface area (Å²) in [5, 5.41) is 9.63. The van der Waals surface area contributed by atoms with Gasteiger partial charge in [0.1, 0.15) is 0 Å². The summed E-state index contributed by atoms with van der Waals surface area (Å²) in [6, 6.07) is 0.650. The Morgan fingerprint density at radius 2 is 1.82 bits per heavy atom. The molecule has 5 nitrogen and oxygen atoms in total. The molecule has 0 amide bonds. The molecular formula is C11H24N2O3S. The zero-order valence-electron chi connectivity index (χ0n) is 10.9. The number of nitrogens with one attached hydrogen (secondary N) is 1. The van der Waals surface area contributed by atoms with Crippen LogP contribution in [0.2, 0.25) is 0 Å². The molecule has 0 aromatic heterocycles. The van der Waals surface area contributed by atoms with Crippen LogP contribution in [0, 0.1) is 0 Å². The molecule has 0 spiro atoms. The summed E-state index contributed by atoms with van der Waals surface area (Å²) < 4.78 is 24.9. The van der Waals surface area contributed by atoms with Gasteiger partial charge in [0.25, 0.3) is 0 Å². The molecule has 6 heteroatoms. The maximum Gasteiger partial charge on any atom is 0.211 e. The van der Waals surface area contributed by atoms with Crippen LogP contribution in [0.5, 0.6) is 0 Å². The Kier molecular flexibility index (Phi) is 5.37. The van der Waals surface area contributed by atoms with Gasteiger partial charge in [-0.05, 0) is 46.7 Å². The molecular weight excluding hydrogens is 240 g/mol. The molecule has 2 atom stereocenters. The van der Waals surface area contributed by atoms with Gasteiger partial charge in [-0.15, -0.1) is 0 Å². The van der Waals surface area contributed by atoms with Crippen molar-refractivity contribution in [1.29, 1.82) is 0 Å². The van der Waals surface area contributed by atoms with Crippen LogP contribution < -0.4 is 4.72 Å². The van der Waals surface area contributed by atoms with Gasteiger partial charge < -0.3 is 5.11 Å². The number of aliphatic hydroxyl groups excluding tert-OH is 1. The second-order valence-electron chi connectivity index (χ2n) is 4.94. The maximum absolute atomic E-state index is 11.3. The average Bonchev–Trinajstić information content (AvgIpc) is 2.22. The lowest BCUT2D eigenvalue weighted by molar-refractivity contribution is 0.0137. The Balaban J connectivity index is 2.41. The molecule has 102 valence electrons. The predicted molar refractivity (Wildman–Crippen MR) is 68.3 cm³/mol. The third-order valence-electron chi connectivity index (χ3n) is 3.50. The van der Waals surface area contributed by atoms with Crippen molar-refractivity contribution in [2.75, 3.05) is 19.3 Å². The highest BCUT2D eigenvalue weighted by Gasteiger charge is 2.29. The fourth-order valence-electron chi connectivity index (χ4n) is 2.57. The van der Waals surface area contributed by atoms with Gasteiger partial charge in [-0.25, -0.2) is 13.1 Å². The minimum absolute atomic E-state index is 0.169. The lowest BCUT2D eigenvalue weighted by atomic mass is 9.95. The molecule has 2 unspecified atom stereocenters. The Bertz CT molecular complexity index is 320. The summed E-state index contributed by atoms with van der Waals surface area (Å²) in [6.07, 6.45) is 1.98. The summed E-state index contributed by atoms with van der Waals surface area (Å²) in [7, 11) is -1.65. The van der Waals surface area contributed by atoms with Crippen LogP contribution in [0.15, 0.2) is 0 Å². The van der Waals surface area contributed by atoms with Gasteiger partial charge in [0.15, 0.2) is 0 Å². The molecule has 0 saturated carbocycles. The van der Waals surface area contributed by atoms with E-state index in [-0.39, 0.29) is 11.9 Å². The molecule has 0 aromatic rings. The van der Waals surface area contributed by atoms with Gasteiger partial charge in [-0.3, -0.25) is 4.90 Å². The number of rotatable bonds is 5. The highest BCUT2D eigenvalue weighted by molar-refractivity contribution is 7.89. The van der Waals surface area contributed by atoms with Crippen LogP contribution in [0.4, 0.5) is 0 Å². The summed E-state index contributed by atoms with van der Waals surface area (Å²) in [6.45, 7) is 4.95. The molecule has 0 radical (unpaired) electrons. The summed E-state index contributed by atoms with van der Waals surface area (Å²) >= 11 is 0. The highest BCUT2D eigenvalue weighted by atomic mass is 32.2. The van der Waals surface area contributed by atoms with E-state index < -0.39 is 10.0 Å². The largest absolute Gasteiger partial charge is 0.393 e. The molecule has 1 aliphatic rings. The van der Waals surface area contributed by atoms with E-state index in [1.165, 1.54) is 7.05 Å². The molecule has 1 rings (SSSR count). The fraction of sp³-hybridized carbons (Fsp3) is 1.00. The van der Waals surface area contributed by atoms with Crippen molar-refractivity contribution in [3.8, 4) is 0 Å². The quantitative estimate of drug-likeness (QED) is 0.742. The number of piperidine rings is 1. The molecule has 1 fully saturated rings. The zero-order chi connectivity index (χ0) is 13.1. The number of sulfonamides is 1. The van der Waals surface area contributed by atoms with Crippen LogP contribution in [-0.4, -0.2) is 56.0 Å². The van der Waals surface area contributed by atoms with Crippen LogP contribution in [0.3, 0.4) is 0 Å². The van der Waals surface area contributed by atoms with E-state index in [9.17, 15) is 13.5 Å². The monoisotopic (exact) mass is 264 g/mol. The van der Waals surface area contributed by atoms with Gasteiger partial charge in [-0.2, -0.15) is 0 Å². The first-order valence-electron chi connectivity index (χ1n) is 6.20. The van der Waals surface area contributed by atoms with Crippen LogP contribution in [-0.2, 0) is 10.0 Å². The number of nitrogens with zero attached hydrogens (tertiary/aromatic N) is 1. The molecule has 2 N–H and O–H groups in total. The van der Waals surface area contributed by atoms with E-state index in [1.807, 2.05) is 0 Å². The van der Waals surface area contributed by atoms with Crippen molar-refractivity contribution in [3.63, 3.8) is 0 Å². The first kappa shape index (κ1) is 14.9. The summed E-state index contributed by atoms with van der Waals surface area (Å²) in [5.41, 5.74) is 0. The zero-order valence-corrected chi connectivity index (χ0v) is 11.7. The highest BCUT2D eigenvalue weighted by Crippen LogP contribution is 2.23. The van der Waals surface area contributed by atoms with Crippen molar-refractivity contribution >= 4 is 10.0 Å². The topological polar surface area (TPSA) is 69.6 Å². The standard InChI is InChI=1S/C11H24N2O3S/c1-9-7-11(14)8-10(2)13(9)5-4-6-17(15,16)12-3/h9-12,14H,4-8H2,1-3H3. The van der Waals surface area contributed by atoms with E-state index in [2.05, 4.69) is 23.5 Å². The van der Waals surface area contributed by atoms with Crippen LogP contribution >= 0.6 is 0 Å². The minimum atomic E-state index is -3.09. The normalized spacial score (nSPS) is 31.6. The molecule has 0 bridgehead atoms. The van der Waals surface area contributed by atoms with Crippen molar-refractivity contribution in [2.45, 2.75) is 51.3 Å². The van der Waals surface area contributed by atoms with Gasteiger partial charge >= 0.3 is 0 Å². The van der Waals surface area contributed by atoms with Gasteiger partial charge in [0, 0.05) is 12.1 Å². The van der Waals surface area contributed by atoms with Crippen molar-refractivity contribution in [2.24, 2.45) is 0 Å². The SMILES string of the molecule is CNS(=O)(=O)CCCN1C(C)CC(O)CC1C. The molecule has 17 heavy (non-hydrogen) atoms. The molecule has 0 aliphatic carbocycles. The average molecular weight is 264 g/mol. The third-order valence-corrected chi connectivity index (χ3v) is 4.95. The van der Waals surface area contributed by atoms with Gasteiger partial charge in [0.05, 0.1) is 11.9 Å². The Labute approximate surface area is 104 Å². The lowest BCUT2D eigenvalue weighted by Gasteiger charge is -2.41. The smallest absolute Gasteiger partial charge is 0.211 e. The van der Waals surface area contributed by atoms with E-state index in [0.29, 0.717) is 18.5 Å². The molecule has 1 heterocycles. The summed E-state index contributed by atoms with van der Waals surface area (Å²) in [5.74, 6) is 0.169. The Morgan fingerprint density at radius 3 is 2.29 bits per heavy atom. The minimum Gasteiger partial charge on any atom is -0.393 e. The first-order valence-corrected chi connectivity index (χ1v) is 7.86. The number of hydrogen-bond acceptors (Lipinski definition) is 4. The van der Waals surface area contributed by atoms with E-state index >= 15 is 0 Å². The summed E-state index contributed by atoms with van der Waals surface area (Å²) in [4.78, 5) is 2.29. The lowest BCUT2D eigenvalue weighted by Crippen LogP contribution is -2.48. The Hall–Kier alpha value is -0.170. The van der Waals surface area contributed by atoms with Gasteiger partial charge in [-0.1, -0.05) is 0 Å². The molecule has 0 aromatic carbocycles. The van der Waals surface area contributed by atoms with Gasteiger partial charge in [0.2, 0.25) is 10.0 Å². The number of hydrogen-bond donors (Lipinski definition) is 2. The second kappa shape index (κ2) is 6.13. The van der Waals surface area contributed by atoms with E-state index in [1.54, 1.807) is 0 Å². The number of likely N-dealkylation sites (tertiary alicyclic amines) is 1.